The fourth-order valence-electron chi connectivity index (χ4n) is 2.61. The van der Waals surface area contributed by atoms with E-state index >= 15 is 0 Å². The van der Waals surface area contributed by atoms with Gasteiger partial charge >= 0.3 is 0 Å². The van der Waals surface area contributed by atoms with Gasteiger partial charge in [0.2, 0.25) is 5.91 Å². The van der Waals surface area contributed by atoms with E-state index in [1.807, 2.05) is 73.7 Å². The first kappa shape index (κ1) is 17.7. The van der Waals surface area contributed by atoms with Crippen LogP contribution >= 0.6 is 0 Å². The second-order valence-electron chi connectivity index (χ2n) is 6.07. The van der Waals surface area contributed by atoms with Crippen molar-refractivity contribution in [3.8, 4) is 11.5 Å². The van der Waals surface area contributed by atoms with E-state index < -0.39 is 0 Å². The Bertz CT molecular complexity index is 863. The van der Waals surface area contributed by atoms with Crippen LogP contribution in [0.25, 0.3) is 0 Å². The van der Waals surface area contributed by atoms with E-state index in [-0.39, 0.29) is 5.91 Å². The van der Waals surface area contributed by atoms with Gasteiger partial charge in [-0.2, -0.15) is 0 Å². The third-order valence-corrected chi connectivity index (χ3v) is 4.10. The summed E-state index contributed by atoms with van der Waals surface area (Å²) >= 11 is 0. The lowest BCUT2D eigenvalue weighted by molar-refractivity contribution is -0.121. The number of ether oxygens (including phenoxy) is 1. The van der Waals surface area contributed by atoms with Crippen LogP contribution in [0, 0.1) is 6.92 Å². The standard InChI is InChI=1S/C22H22N2O2/c1-17-8-2-4-11-20(17)26-21-12-5-3-9-18(21)16-24-22(25)14-13-19-10-6-7-15-23-19/h2-12,15H,13-14,16H2,1H3,(H,24,25). The average Bonchev–Trinajstić information content (AvgIpc) is 2.68. The maximum Gasteiger partial charge on any atom is 0.220 e. The minimum Gasteiger partial charge on any atom is -0.457 e. The molecule has 3 rings (SSSR count). The van der Waals surface area contributed by atoms with Crippen molar-refractivity contribution in [3.63, 3.8) is 0 Å². The minimum atomic E-state index is 0.00125. The highest BCUT2D eigenvalue weighted by atomic mass is 16.5. The molecule has 0 unspecified atom stereocenters. The zero-order chi connectivity index (χ0) is 18.2. The molecule has 0 fully saturated rings. The lowest BCUT2D eigenvalue weighted by atomic mass is 10.1. The van der Waals surface area contributed by atoms with Crippen molar-refractivity contribution < 1.29 is 9.53 Å². The second-order valence-corrected chi connectivity index (χ2v) is 6.07. The van der Waals surface area contributed by atoms with Gasteiger partial charge in [0, 0.05) is 30.4 Å². The van der Waals surface area contributed by atoms with Gasteiger partial charge in [-0.1, -0.05) is 42.5 Å². The van der Waals surface area contributed by atoms with Crippen LogP contribution in [0.1, 0.15) is 23.2 Å². The summed E-state index contributed by atoms with van der Waals surface area (Å²) in [5.74, 6) is 1.58. The van der Waals surface area contributed by atoms with E-state index in [0.29, 0.717) is 19.4 Å². The Labute approximate surface area is 153 Å². The number of carbonyl (C=O) groups excluding carboxylic acids is 1. The number of hydrogen-bond donors (Lipinski definition) is 1. The van der Waals surface area contributed by atoms with Crippen molar-refractivity contribution in [1.82, 2.24) is 10.3 Å². The van der Waals surface area contributed by atoms with Crippen molar-refractivity contribution in [1.29, 1.82) is 0 Å². The van der Waals surface area contributed by atoms with Gasteiger partial charge < -0.3 is 10.1 Å². The van der Waals surface area contributed by atoms with Crippen LogP contribution in [0.2, 0.25) is 0 Å². The van der Waals surface area contributed by atoms with Gasteiger partial charge in [-0.15, -0.1) is 0 Å². The third kappa shape index (κ3) is 4.93. The van der Waals surface area contributed by atoms with Gasteiger partial charge in [-0.25, -0.2) is 0 Å². The molecular weight excluding hydrogens is 324 g/mol. The number of hydrogen-bond acceptors (Lipinski definition) is 3. The molecule has 0 bridgehead atoms. The first-order valence-corrected chi connectivity index (χ1v) is 8.70. The van der Waals surface area contributed by atoms with E-state index in [1.165, 1.54) is 0 Å². The molecule has 2 aromatic carbocycles. The SMILES string of the molecule is Cc1ccccc1Oc1ccccc1CNC(=O)CCc1ccccn1. The van der Waals surface area contributed by atoms with Gasteiger partial charge in [-0.05, 0) is 43.2 Å². The Balaban J connectivity index is 1.58. The summed E-state index contributed by atoms with van der Waals surface area (Å²) in [5, 5.41) is 2.96. The van der Waals surface area contributed by atoms with Crippen LogP contribution in [0.15, 0.2) is 72.9 Å². The fraction of sp³-hybridized carbons (Fsp3) is 0.182. The molecular formula is C22H22N2O2. The largest absolute Gasteiger partial charge is 0.457 e. The number of amides is 1. The number of nitrogens with one attached hydrogen (secondary N) is 1. The Morgan fingerprint density at radius 2 is 1.69 bits per heavy atom. The van der Waals surface area contributed by atoms with Gasteiger partial charge in [0.15, 0.2) is 0 Å². The van der Waals surface area contributed by atoms with Crippen LogP contribution < -0.4 is 10.1 Å². The van der Waals surface area contributed by atoms with Gasteiger partial charge in [-0.3, -0.25) is 9.78 Å². The molecule has 1 N–H and O–H groups in total. The van der Waals surface area contributed by atoms with Crippen molar-refractivity contribution in [2.45, 2.75) is 26.3 Å². The lowest BCUT2D eigenvalue weighted by Gasteiger charge is -2.13. The van der Waals surface area contributed by atoms with Crippen LogP contribution in [-0.2, 0) is 17.8 Å². The van der Waals surface area contributed by atoms with Crippen LogP contribution in [0.5, 0.6) is 11.5 Å². The van der Waals surface area contributed by atoms with Crippen molar-refractivity contribution in [3.05, 3.63) is 89.7 Å². The van der Waals surface area contributed by atoms with Gasteiger partial charge in [0.25, 0.3) is 0 Å². The average molecular weight is 346 g/mol. The van der Waals surface area contributed by atoms with Crippen molar-refractivity contribution >= 4 is 5.91 Å². The quantitative estimate of drug-likeness (QED) is 0.688. The highest BCUT2D eigenvalue weighted by Crippen LogP contribution is 2.27. The Morgan fingerprint density at radius 3 is 2.46 bits per heavy atom. The number of pyridine rings is 1. The summed E-state index contributed by atoms with van der Waals surface area (Å²) in [6.45, 7) is 2.44. The second kappa shape index (κ2) is 8.81. The molecule has 4 nitrogen and oxygen atoms in total. The predicted octanol–water partition coefficient (Wildman–Crippen LogP) is 4.43. The monoisotopic (exact) mass is 346 g/mol. The number of para-hydroxylation sites is 2. The number of nitrogens with zero attached hydrogens (tertiary/aromatic N) is 1. The highest BCUT2D eigenvalue weighted by Gasteiger charge is 2.08. The van der Waals surface area contributed by atoms with Crippen LogP contribution in [0.4, 0.5) is 0 Å². The number of aromatic nitrogens is 1. The number of rotatable bonds is 7. The molecule has 0 saturated heterocycles. The molecule has 26 heavy (non-hydrogen) atoms. The zero-order valence-corrected chi connectivity index (χ0v) is 14.8. The zero-order valence-electron chi connectivity index (χ0n) is 14.8. The van der Waals surface area contributed by atoms with E-state index in [9.17, 15) is 4.79 Å². The number of aryl methyl sites for hydroxylation is 2. The Hall–Kier alpha value is -3.14. The molecule has 132 valence electrons. The van der Waals surface area contributed by atoms with E-state index in [0.717, 1.165) is 28.3 Å². The summed E-state index contributed by atoms with van der Waals surface area (Å²) in [6, 6.07) is 21.4. The number of benzene rings is 2. The molecule has 0 atom stereocenters. The molecule has 0 aliphatic heterocycles. The molecule has 0 aliphatic rings. The Morgan fingerprint density at radius 1 is 0.962 bits per heavy atom. The maximum atomic E-state index is 12.1. The first-order valence-electron chi connectivity index (χ1n) is 8.70. The minimum absolute atomic E-state index is 0.00125. The number of carbonyl (C=O) groups is 1. The van der Waals surface area contributed by atoms with Crippen LogP contribution in [0.3, 0.4) is 0 Å². The summed E-state index contributed by atoms with van der Waals surface area (Å²) in [4.78, 5) is 16.4. The molecule has 0 aliphatic carbocycles. The Kier molecular flexibility index (Phi) is 5.99. The first-order chi connectivity index (χ1) is 12.7. The summed E-state index contributed by atoms with van der Waals surface area (Å²) in [5.41, 5.74) is 2.94. The highest BCUT2D eigenvalue weighted by molar-refractivity contribution is 5.76. The molecule has 3 aromatic rings. The predicted molar refractivity (Wildman–Crippen MR) is 102 cm³/mol. The molecule has 0 spiro atoms. The molecule has 0 saturated carbocycles. The fourth-order valence-corrected chi connectivity index (χ4v) is 2.61. The van der Waals surface area contributed by atoms with Gasteiger partial charge in [0.1, 0.15) is 11.5 Å². The normalized spacial score (nSPS) is 10.3. The summed E-state index contributed by atoms with van der Waals surface area (Å²) in [6.07, 6.45) is 2.79. The molecule has 1 heterocycles. The van der Waals surface area contributed by atoms with E-state index in [2.05, 4.69) is 10.3 Å². The smallest absolute Gasteiger partial charge is 0.220 e. The third-order valence-electron chi connectivity index (χ3n) is 4.10. The van der Waals surface area contributed by atoms with Crippen molar-refractivity contribution in [2.24, 2.45) is 0 Å². The van der Waals surface area contributed by atoms with E-state index in [4.69, 9.17) is 4.74 Å². The molecule has 4 heteroatoms. The topological polar surface area (TPSA) is 51.2 Å². The van der Waals surface area contributed by atoms with Crippen LogP contribution in [-0.4, -0.2) is 10.9 Å². The van der Waals surface area contributed by atoms with Gasteiger partial charge in [0.05, 0.1) is 0 Å². The summed E-state index contributed by atoms with van der Waals surface area (Å²) in [7, 11) is 0. The molecule has 1 aromatic heterocycles. The lowest BCUT2D eigenvalue weighted by Crippen LogP contribution is -2.23. The molecule has 0 radical (unpaired) electrons. The maximum absolute atomic E-state index is 12.1. The summed E-state index contributed by atoms with van der Waals surface area (Å²) < 4.78 is 6.04. The van der Waals surface area contributed by atoms with Crippen molar-refractivity contribution in [2.75, 3.05) is 0 Å². The molecule has 1 amide bonds. The van der Waals surface area contributed by atoms with E-state index in [1.54, 1.807) is 6.20 Å².